The minimum absolute atomic E-state index is 0.671. The summed E-state index contributed by atoms with van der Waals surface area (Å²) in [5.74, 6) is 1.61. The number of anilines is 2. The van der Waals surface area contributed by atoms with Crippen molar-refractivity contribution in [2.24, 2.45) is 0 Å². The van der Waals surface area contributed by atoms with E-state index in [2.05, 4.69) is 27.5 Å². The normalized spacial score (nSPS) is 10.6. The number of aromatic nitrogens is 2. The molecule has 0 amide bonds. The van der Waals surface area contributed by atoms with Gasteiger partial charge in [-0.25, -0.2) is 4.98 Å². The summed E-state index contributed by atoms with van der Waals surface area (Å²) in [5.41, 5.74) is 1.00. The van der Waals surface area contributed by atoms with Gasteiger partial charge in [-0.2, -0.15) is 4.98 Å². The van der Waals surface area contributed by atoms with Crippen LogP contribution in [0.1, 0.15) is 19.8 Å². The molecule has 16 heavy (non-hydrogen) atoms. The van der Waals surface area contributed by atoms with Crippen molar-refractivity contribution >= 4 is 33.3 Å². The number of thiophene rings is 1. The predicted molar refractivity (Wildman–Crippen MR) is 70.4 cm³/mol. The maximum absolute atomic E-state index is 4.44. The SMILES string of the molecule is CCCCNc1nc(NC)nc2ccsc12. The van der Waals surface area contributed by atoms with E-state index < -0.39 is 0 Å². The summed E-state index contributed by atoms with van der Waals surface area (Å²) in [6.45, 7) is 3.14. The van der Waals surface area contributed by atoms with E-state index >= 15 is 0 Å². The molecule has 0 spiro atoms. The molecule has 0 radical (unpaired) electrons. The lowest BCUT2D eigenvalue weighted by Gasteiger charge is -2.07. The third kappa shape index (κ3) is 2.24. The van der Waals surface area contributed by atoms with Crippen molar-refractivity contribution in [1.82, 2.24) is 9.97 Å². The second-order valence-corrected chi connectivity index (χ2v) is 4.48. The lowest BCUT2D eigenvalue weighted by Crippen LogP contribution is -2.05. The zero-order valence-corrected chi connectivity index (χ0v) is 10.4. The zero-order valence-electron chi connectivity index (χ0n) is 9.58. The Balaban J connectivity index is 2.29. The summed E-state index contributed by atoms with van der Waals surface area (Å²) >= 11 is 1.68. The molecule has 2 aromatic heterocycles. The van der Waals surface area contributed by atoms with Crippen LogP contribution in [0.3, 0.4) is 0 Å². The highest BCUT2D eigenvalue weighted by Gasteiger charge is 2.07. The molecule has 2 N–H and O–H groups in total. The molecule has 0 bridgehead atoms. The van der Waals surface area contributed by atoms with Gasteiger partial charge in [-0.15, -0.1) is 11.3 Å². The Morgan fingerprint density at radius 2 is 2.25 bits per heavy atom. The van der Waals surface area contributed by atoms with Crippen molar-refractivity contribution in [1.29, 1.82) is 0 Å². The van der Waals surface area contributed by atoms with Crippen molar-refractivity contribution in [3.63, 3.8) is 0 Å². The minimum atomic E-state index is 0.671. The Bertz CT molecular complexity index is 466. The van der Waals surface area contributed by atoms with Crippen LogP contribution in [0.4, 0.5) is 11.8 Å². The molecule has 0 saturated carbocycles. The first-order valence-corrected chi connectivity index (χ1v) is 6.40. The molecule has 2 aromatic rings. The molecule has 0 atom stereocenters. The maximum atomic E-state index is 4.44. The van der Waals surface area contributed by atoms with Crippen molar-refractivity contribution in [2.45, 2.75) is 19.8 Å². The first-order chi connectivity index (χ1) is 7.85. The highest BCUT2D eigenvalue weighted by Crippen LogP contribution is 2.27. The van der Waals surface area contributed by atoms with E-state index in [4.69, 9.17) is 0 Å². The van der Waals surface area contributed by atoms with E-state index in [1.165, 1.54) is 6.42 Å². The van der Waals surface area contributed by atoms with E-state index in [9.17, 15) is 0 Å². The Morgan fingerprint density at radius 1 is 1.38 bits per heavy atom. The third-order valence-electron chi connectivity index (χ3n) is 2.35. The van der Waals surface area contributed by atoms with Gasteiger partial charge in [0.25, 0.3) is 0 Å². The number of nitrogens with zero attached hydrogens (tertiary/aromatic N) is 2. The second-order valence-electron chi connectivity index (χ2n) is 3.56. The zero-order chi connectivity index (χ0) is 11.4. The summed E-state index contributed by atoms with van der Waals surface area (Å²) < 4.78 is 1.13. The fraction of sp³-hybridized carbons (Fsp3) is 0.455. The lowest BCUT2D eigenvalue weighted by molar-refractivity contribution is 0.832. The molecule has 0 aliphatic rings. The molecular weight excluding hydrogens is 220 g/mol. The average Bonchev–Trinajstić information content (AvgIpc) is 2.77. The van der Waals surface area contributed by atoms with E-state index in [1.54, 1.807) is 11.3 Å². The van der Waals surface area contributed by atoms with Crippen molar-refractivity contribution < 1.29 is 0 Å². The van der Waals surface area contributed by atoms with Crippen molar-refractivity contribution in [3.05, 3.63) is 11.4 Å². The molecule has 86 valence electrons. The minimum Gasteiger partial charge on any atom is -0.369 e. The number of rotatable bonds is 5. The van der Waals surface area contributed by atoms with Gasteiger partial charge in [0, 0.05) is 13.6 Å². The average molecular weight is 236 g/mol. The molecule has 5 heteroatoms. The predicted octanol–water partition coefficient (Wildman–Crippen LogP) is 2.95. The number of unbranched alkanes of at least 4 members (excludes halogenated alkanes) is 1. The van der Waals surface area contributed by atoms with E-state index in [1.807, 2.05) is 18.5 Å². The smallest absolute Gasteiger partial charge is 0.225 e. The van der Waals surface area contributed by atoms with Crippen LogP contribution in [0.2, 0.25) is 0 Å². The van der Waals surface area contributed by atoms with Crippen LogP contribution in [0.5, 0.6) is 0 Å². The molecule has 4 nitrogen and oxygen atoms in total. The topological polar surface area (TPSA) is 49.8 Å². The molecule has 0 saturated heterocycles. The molecular formula is C11H16N4S. The van der Waals surface area contributed by atoms with Crippen molar-refractivity contribution in [2.75, 3.05) is 24.2 Å². The molecule has 2 heterocycles. The standard InChI is InChI=1S/C11H16N4S/c1-3-4-6-13-10-9-8(5-7-16-9)14-11(12-2)15-10/h5,7H,3-4,6H2,1-2H3,(H2,12,13,14,15). The third-order valence-corrected chi connectivity index (χ3v) is 3.26. The Hall–Kier alpha value is -1.36. The number of nitrogens with one attached hydrogen (secondary N) is 2. The van der Waals surface area contributed by atoms with Crippen molar-refractivity contribution in [3.8, 4) is 0 Å². The van der Waals surface area contributed by atoms with Gasteiger partial charge in [-0.05, 0) is 17.9 Å². The number of fused-ring (bicyclic) bond motifs is 1. The van der Waals surface area contributed by atoms with Crippen LogP contribution in [-0.2, 0) is 0 Å². The molecule has 2 rings (SSSR count). The highest BCUT2D eigenvalue weighted by molar-refractivity contribution is 7.17. The largest absolute Gasteiger partial charge is 0.369 e. The lowest BCUT2D eigenvalue weighted by atomic mass is 10.3. The fourth-order valence-corrected chi connectivity index (χ4v) is 2.28. The van der Waals surface area contributed by atoms with Gasteiger partial charge in [0.2, 0.25) is 5.95 Å². The quantitative estimate of drug-likeness (QED) is 0.784. The van der Waals surface area contributed by atoms with E-state index in [0.29, 0.717) is 5.95 Å². The van der Waals surface area contributed by atoms with Gasteiger partial charge in [0.15, 0.2) is 0 Å². The van der Waals surface area contributed by atoms with Crippen LogP contribution < -0.4 is 10.6 Å². The maximum Gasteiger partial charge on any atom is 0.225 e. The van der Waals surface area contributed by atoms with Gasteiger partial charge in [0.1, 0.15) is 5.82 Å². The monoisotopic (exact) mass is 236 g/mol. The highest BCUT2D eigenvalue weighted by atomic mass is 32.1. The van der Waals surface area contributed by atoms with E-state index in [0.717, 1.165) is 29.0 Å². The molecule has 0 aliphatic heterocycles. The fourth-order valence-electron chi connectivity index (χ4n) is 1.48. The van der Waals surface area contributed by atoms with Crippen LogP contribution in [0.25, 0.3) is 10.2 Å². The van der Waals surface area contributed by atoms with Gasteiger partial charge in [-0.1, -0.05) is 13.3 Å². The summed E-state index contributed by atoms with van der Waals surface area (Å²) in [7, 11) is 1.84. The Kier molecular flexibility index (Phi) is 3.56. The summed E-state index contributed by atoms with van der Waals surface area (Å²) in [6.07, 6.45) is 2.34. The summed E-state index contributed by atoms with van der Waals surface area (Å²) in [5, 5.41) is 8.40. The summed E-state index contributed by atoms with van der Waals surface area (Å²) in [6, 6.07) is 2.02. The molecule has 0 aromatic carbocycles. The summed E-state index contributed by atoms with van der Waals surface area (Å²) in [4.78, 5) is 8.83. The molecule has 0 unspecified atom stereocenters. The number of hydrogen-bond acceptors (Lipinski definition) is 5. The van der Waals surface area contributed by atoms with Gasteiger partial charge < -0.3 is 10.6 Å². The van der Waals surface area contributed by atoms with E-state index in [-0.39, 0.29) is 0 Å². The molecule has 0 fully saturated rings. The Morgan fingerprint density at radius 3 is 3.00 bits per heavy atom. The van der Waals surface area contributed by atoms with Gasteiger partial charge in [0.05, 0.1) is 10.2 Å². The first-order valence-electron chi connectivity index (χ1n) is 5.52. The van der Waals surface area contributed by atoms with Crippen LogP contribution >= 0.6 is 11.3 Å². The number of hydrogen-bond donors (Lipinski definition) is 2. The second kappa shape index (κ2) is 5.12. The van der Waals surface area contributed by atoms with Crippen LogP contribution in [0, 0.1) is 0 Å². The van der Waals surface area contributed by atoms with Crippen LogP contribution in [-0.4, -0.2) is 23.6 Å². The Labute approximate surface area is 99.1 Å². The van der Waals surface area contributed by atoms with Gasteiger partial charge >= 0.3 is 0 Å². The van der Waals surface area contributed by atoms with Gasteiger partial charge in [-0.3, -0.25) is 0 Å². The first kappa shape index (κ1) is 11.1. The van der Waals surface area contributed by atoms with Crippen LogP contribution in [0.15, 0.2) is 11.4 Å². The molecule has 0 aliphatic carbocycles.